The summed E-state index contributed by atoms with van der Waals surface area (Å²) < 4.78 is 5.30. The van der Waals surface area contributed by atoms with Crippen LogP contribution in [0.4, 0.5) is 0 Å². The molecule has 0 bridgehead atoms. The van der Waals surface area contributed by atoms with Crippen LogP contribution in [0.5, 0.6) is 5.75 Å². The highest BCUT2D eigenvalue weighted by Crippen LogP contribution is 2.22. The highest BCUT2D eigenvalue weighted by atomic mass is 16.5. The Bertz CT molecular complexity index is 838. The molecule has 1 heterocycles. The number of nitrogens with zero attached hydrogens (tertiary/aromatic N) is 1. The molecular weight excluding hydrogens is 302 g/mol. The number of aromatic amines is 1. The number of aromatic nitrogens is 2. The molecule has 0 aliphatic carbocycles. The number of hydrogen-bond donors (Lipinski definition) is 2. The van der Waals surface area contributed by atoms with Crippen molar-refractivity contribution in [1.29, 1.82) is 0 Å². The fourth-order valence-corrected chi connectivity index (χ4v) is 2.52. The van der Waals surface area contributed by atoms with E-state index < -0.39 is 0 Å². The molecule has 5 heteroatoms. The van der Waals surface area contributed by atoms with Gasteiger partial charge in [-0.1, -0.05) is 48.0 Å². The standard InChI is InChI=1S/C19H19N3O2/c1-13-7-9-14(10-8-13)18-16(12-21-22-18)19(23)20-11-15-5-3-4-6-17(15)24-2/h3-10,12H,11H2,1-2H3,(H,20,23)(H,21,22). The van der Waals surface area contributed by atoms with Gasteiger partial charge >= 0.3 is 0 Å². The first-order chi connectivity index (χ1) is 11.7. The quantitative estimate of drug-likeness (QED) is 0.757. The Morgan fingerprint density at radius 3 is 2.67 bits per heavy atom. The van der Waals surface area contributed by atoms with E-state index in [0.717, 1.165) is 16.9 Å². The van der Waals surface area contributed by atoms with Crippen LogP contribution in [-0.4, -0.2) is 23.2 Å². The number of ether oxygens (including phenoxy) is 1. The number of rotatable bonds is 5. The third kappa shape index (κ3) is 3.30. The summed E-state index contributed by atoms with van der Waals surface area (Å²) in [6.07, 6.45) is 1.55. The van der Waals surface area contributed by atoms with E-state index in [4.69, 9.17) is 4.74 Å². The first kappa shape index (κ1) is 15.8. The molecule has 24 heavy (non-hydrogen) atoms. The van der Waals surface area contributed by atoms with Gasteiger partial charge in [-0.2, -0.15) is 5.10 Å². The molecular formula is C19H19N3O2. The maximum Gasteiger partial charge on any atom is 0.255 e. The molecule has 5 nitrogen and oxygen atoms in total. The summed E-state index contributed by atoms with van der Waals surface area (Å²) in [6, 6.07) is 15.6. The number of para-hydroxylation sites is 1. The van der Waals surface area contributed by atoms with Gasteiger partial charge in [0, 0.05) is 17.7 Å². The number of carbonyl (C=O) groups excluding carboxylic acids is 1. The molecule has 122 valence electrons. The van der Waals surface area contributed by atoms with Crippen LogP contribution in [-0.2, 0) is 6.54 Å². The van der Waals surface area contributed by atoms with Gasteiger partial charge in [0.1, 0.15) is 5.75 Å². The lowest BCUT2D eigenvalue weighted by Gasteiger charge is -2.09. The second kappa shape index (κ2) is 7.00. The summed E-state index contributed by atoms with van der Waals surface area (Å²) in [6.45, 7) is 2.42. The van der Waals surface area contributed by atoms with Crippen molar-refractivity contribution < 1.29 is 9.53 Å². The Morgan fingerprint density at radius 1 is 1.17 bits per heavy atom. The fraction of sp³-hybridized carbons (Fsp3) is 0.158. The molecule has 1 aromatic heterocycles. The molecule has 2 aromatic carbocycles. The van der Waals surface area contributed by atoms with Gasteiger partial charge in [-0.3, -0.25) is 9.89 Å². The molecule has 1 amide bonds. The molecule has 0 saturated carbocycles. The Morgan fingerprint density at radius 2 is 1.92 bits per heavy atom. The van der Waals surface area contributed by atoms with Gasteiger partial charge in [-0.15, -0.1) is 0 Å². The third-order valence-corrected chi connectivity index (χ3v) is 3.86. The molecule has 0 saturated heterocycles. The van der Waals surface area contributed by atoms with Crippen molar-refractivity contribution in [2.24, 2.45) is 0 Å². The minimum Gasteiger partial charge on any atom is -0.496 e. The normalized spacial score (nSPS) is 10.4. The van der Waals surface area contributed by atoms with E-state index in [9.17, 15) is 4.79 Å². The van der Waals surface area contributed by atoms with Gasteiger partial charge in [-0.25, -0.2) is 0 Å². The average molecular weight is 321 g/mol. The summed E-state index contributed by atoms with van der Waals surface area (Å²) >= 11 is 0. The van der Waals surface area contributed by atoms with Crippen LogP contribution >= 0.6 is 0 Å². The fourth-order valence-electron chi connectivity index (χ4n) is 2.52. The predicted octanol–water partition coefficient (Wildman–Crippen LogP) is 3.32. The van der Waals surface area contributed by atoms with Crippen molar-refractivity contribution >= 4 is 5.91 Å². The minimum absolute atomic E-state index is 0.176. The number of hydrogen-bond acceptors (Lipinski definition) is 3. The number of carbonyl (C=O) groups is 1. The second-order valence-electron chi connectivity index (χ2n) is 5.52. The zero-order chi connectivity index (χ0) is 16.9. The lowest BCUT2D eigenvalue weighted by atomic mass is 10.1. The van der Waals surface area contributed by atoms with Crippen molar-refractivity contribution in [2.75, 3.05) is 7.11 Å². The van der Waals surface area contributed by atoms with Crippen LogP contribution in [0, 0.1) is 6.92 Å². The van der Waals surface area contributed by atoms with Gasteiger partial charge < -0.3 is 10.1 Å². The molecule has 0 atom stereocenters. The predicted molar refractivity (Wildman–Crippen MR) is 92.9 cm³/mol. The monoisotopic (exact) mass is 321 g/mol. The van der Waals surface area contributed by atoms with Gasteiger partial charge in [-0.05, 0) is 13.0 Å². The smallest absolute Gasteiger partial charge is 0.255 e. The van der Waals surface area contributed by atoms with Crippen molar-refractivity contribution in [3.05, 3.63) is 71.4 Å². The van der Waals surface area contributed by atoms with Crippen LogP contribution in [0.3, 0.4) is 0 Å². The highest BCUT2D eigenvalue weighted by Gasteiger charge is 2.15. The molecule has 0 fully saturated rings. The highest BCUT2D eigenvalue weighted by molar-refractivity contribution is 5.99. The summed E-state index contributed by atoms with van der Waals surface area (Å²) in [4.78, 5) is 12.5. The van der Waals surface area contributed by atoms with Gasteiger partial charge in [0.05, 0.1) is 24.6 Å². The molecule has 0 radical (unpaired) electrons. The summed E-state index contributed by atoms with van der Waals surface area (Å²) in [5, 5.41) is 9.85. The van der Waals surface area contributed by atoms with E-state index in [0.29, 0.717) is 17.8 Å². The van der Waals surface area contributed by atoms with E-state index in [1.54, 1.807) is 13.3 Å². The van der Waals surface area contributed by atoms with Crippen LogP contribution in [0.1, 0.15) is 21.5 Å². The molecule has 0 aliphatic rings. The van der Waals surface area contributed by atoms with Crippen molar-refractivity contribution in [1.82, 2.24) is 15.5 Å². The van der Waals surface area contributed by atoms with Gasteiger partial charge in [0.15, 0.2) is 0 Å². The Labute approximate surface area is 140 Å². The van der Waals surface area contributed by atoms with Gasteiger partial charge in [0.25, 0.3) is 5.91 Å². The van der Waals surface area contributed by atoms with Crippen molar-refractivity contribution in [2.45, 2.75) is 13.5 Å². The zero-order valence-corrected chi connectivity index (χ0v) is 13.7. The van der Waals surface area contributed by atoms with E-state index in [-0.39, 0.29) is 5.91 Å². The van der Waals surface area contributed by atoms with E-state index in [2.05, 4.69) is 15.5 Å². The zero-order valence-electron chi connectivity index (χ0n) is 13.7. The second-order valence-corrected chi connectivity index (χ2v) is 5.52. The number of benzene rings is 2. The molecule has 3 rings (SSSR count). The number of methoxy groups -OCH3 is 1. The lowest BCUT2D eigenvalue weighted by Crippen LogP contribution is -2.23. The molecule has 0 spiro atoms. The SMILES string of the molecule is COc1ccccc1CNC(=O)c1cn[nH]c1-c1ccc(C)cc1. The number of H-pyrrole nitrogens is 1. The topological polar surface area (TPSA) is 67.0 Å². The Balaban J connectivity index is 1.77. The lowest BCUT2D eigenvalue weighted by molar-refractivity contribution is 0.0951. The van der Waals surface area contributed by atoms with Crippen LogP contribution in [0.25, 0.3) is 11.3 Å². The summed E-state index contributed by atoms with van der Waals surface area (Å²) in [5.41, 5.74) is 4.26. The first-order valence-corrected chi connectivity index (χ1v) is 7.69. The van der Waals surface area contributed by atoms with E-state index in [1.807, 2.05) is 55.5 Å². The van der Waals surface area contributed by atoms with Crippen LogP contribution < -0.4 is 10.1 Å². The van der Waals surface area contributed by atoms with Crippen LogP contribution in [0.15, 0.2) is 54.7 Å². The van der Waals surface area contributed by atoms with E-state index in [1.165, 1.54) is 5.56 Å². The molecule has 0 aliphatic heterocycles. The number of nitrogens with one attached hydrogen (secondary N) is 2. The van der Waals surface area contributed by atoms with Crippen molar-refractivity contribution in [3.8, 4) is 17.0 Å². The minimum atomic E-state index is -0.176. The largest absolute Gasteiger partial charge is 0.496 e. The van der Waals surface area contributed by atoms with Crippen LogP contribution in [0.2, 0.25) is 0 Å². The maximum atomic E-state index is 12.5. The molecule has 3 aromatic rings. The summed E-state index contributed by atoms with van der Waals surface area (Å²) in [5.74, 6) is 0.578. The van der Waals surface area contributed by atoms with Crippen molar-refractivity contribution in [3.63, 3.8) is 0 Å². The Hall–Kier alpha value is -3.08. The number of aryl methyl sites for hydroxylation is 1. The van der Waals surface area contributed by atoms with E-state index >= 15 is 0 Å². The first-order valence-electron chi connectivity index (χ1n) is 7.69. The maximum absolute atomic E-state index is 12.5. The molecule has 2 N–H and O–H groups in total. The van der Waals surface area contributed by atoms with Gasteiger partial charge in [0.2, 0.25) is 0 Å². The molecule has 0 unspecified atom stereocenters. The summed E-state index contributed by atoms with van der Waals surface area (Å²) in [7, 11) is 1.62. The Kier molecular flexibility index (Phi) is 4.61. The third-order valence-electron chi connectivity index (χ3n) is 3.86. The average Bonchev–Trinajstić information content (AvgIpc) is 3.10. The number of amides is 1.